The van der Waals surface area contributed by atoms with Crippen LogP contribution < -0.4 is 10.1 Å². The highest BCUT2D eigenvalue weighted by atomic mass is 16.5. The highest BCUT2D eigenvalue weighted by Gasteiger charge is 2.17. The molecule has 0 aliphatic carbocycles. The van der Waals surface area contributed by atoms with Gasteiger partial charge in [0.05, 0.1) is 6.61 Å². The second kappa shape index (κ2) is 5.17. The maximum atomic E-state index is 5.65. The first kappa shape index (κ1) is 10.5. The number of para-hydroxylation sites is 1. The topological polar surface area (TPSA) is 21.3 Å². The van der Waals surface area contributed by atoms with Crippen molar-refractivity contribution in [2.75, 3.05) is 13.2 Å². The first-order valence-corrected chi connectivity index (χ1v) is 5.87. The summed E-state index contributed by atoms with van der Waals surface area (Å²) in [6.45, 7) is 3.90. The lowest BCUT2D eigenvalue weighted by Gasteiger charge is -2.25. The van der Waals surface area contributed by atoms with Gasteiger partial charge < -0.3 is 10.1 Å². The molecule has 1 N–H and O–H groups in total. The molecule has 0 aromatic heterocycles. The number of hydrogen-bond acceptors (Lipinski definition) is 2. The van der Waals surface area contributed by atoms with E-state index in [4.69, 9.17) is 4.74 Å². The summed E-state index contributed by atoms with van der Waals surface area (Å²) >= 11 is 0. The summed E-state index contributed by atoms with van der Waals surface area (Å²) in [5.74, 6) is 1.04. The zero-order valence-corrected chi connectivity index (χ0v) is 9.33. The van der Waals surface area contributed by atoms with E-state index in [1.54, 1.807) is 0 Å². The first-order chi connectivity index (χ1) is 7.42. The monoisotopic (exact) mass is 205 g/mol. The van der Waals surface area contributed by atoms with Gasteiger partial charge in [-0.2, -0.15) is 0 Å². The van der Waals surface area contributed by atoms with Crippen LogP contribution in [0.5, 0.6) is 5.75 Å². The van der Waals surface area contributed by atoms with Gasteiger partial charge in [-0.15, -0.1) is 0 Å². The molecule has 1 heterocycles. The van der Waals surface area contributed by atoms with Crippen molar-refractivity contribution in [1.29, 1.82) is 0 Å². The summed E-state index contributed by atoms with van der Waals surface area (Å²) in [7, 11) is 0. The fraction of sp³-hybridized carbons (Fsp3) is 0.538. The fourth-order valence-corrected chi connectivity index (χ4v) is 2.17. The molecule has 0 saturated carbocycles. The summed E-state index contributed by atoms with van der Waals surface area (Å²) in [4.78, 5) is 0. The molecule has 1 aromatic rings. The third kappa shape index (κ3) is 2.51. The molecule has 1 aliphatic heterocycles. The van der Waals surface area contributed by atoms with Crippen molar-refractivity contribution in [2.24, 2.45) is 0 Å². The minimum Gasteiger partial charge on any atom is -0.494 e. The number of benzene rings is 1. The van der Waals surface area contributed by atoms with Crippen molar-refractivity contribution in [2.45, 2.75) is 32.2 Å². The minimum atomic E-state index is 0.487. The largest absolute Gasteiger partial charge is 0.494 e. The highest BCUT2D eigenvalue weighted by Crippen LogP contribution is 2.30. The van der Waals surface area contributed by atoms with Gasteiger partial charge in [-0.25, -0.2) is 0 Å². The zero-order valence-electron chi connectivity index (χ0n) is 9.33. The summed E-state index contributed by atoms with van der Waals surface area (Å²) in [6.07, 6.45) is 3.84. The normalized spacial score (nSPS) is 21.3. The van der Waals surface area contributed by atoms with Crippen LogP contribution in [0, 0.1) is 0 Å². The molecule has 0 radical (unpaired) electrons. The van der Waals surface area contributed by atoms with Crippen LogP contribution in [0.25, 0.3) is 0 Å². The lowest BCUT2D eigenvalue weighted by Crippen LogP contribution is -2.27. The van der Waals surface area contributed by atoms with Crippen molar-refractivity contribution in [3.8, 4) is 5.75 Å². The molecular weight excluding hydrogens is 186 g/mol. The zero-order chi connectivity index (χ0) is 10.5. The second-order valence-corrected chi connectivity index (χ2v) is 3.97. The van der Waals surface area contributed by atoms with Gasteiger partial charge >= 0.3 is 0 Å². The maximum absolute atomic E-state index is 5.65. The standard InChI is InChI=1S/C13H19NO/c1-2-15-13-9-4-3-7-11(13)12-8-5-6-10-14-12/h3-4,7,9,12,14H,2,5-6,8,10H2,1H3/t12-/m0/s1. The lowest BCUT2D eigenvalue weighted by molar-refractivity contribution is 0.324. The summed E-state index contributed by atoms with van der Waals surface area (Å²) < 4.78 is 5.65. The molecule has 1 aromatic carbocycles. The smallest absolute Gasteiger partial charge is 0.124 e. The maximum Gasteiger partial charge on any atom is 0.124 e. The van der Waals surface area contributed by atoms with E-state index in [1.807, 2.05) is 13.0 Å². The van der Waals surface area contributed by atoms with Crippen LogP contribution in [-0.2, 0) is 0 Å². The molecule has 15 heavy (non-hydrogen) atoms. The number of ether oxygens (including phenoxy) is 1. The number of rotatable bonds is 3. The van der Waals surface area contributed by atoms with Crippen molar-refractivity contribution in [3.05, 3.63) is 29.8 Å². The predicted molar refractivity (Wildman–Crippen MR) is 62.2 cm³/mol. The van der Waals surface area contributed by atoms with Crippen LogP contribution in [0.2, 0.25) is 0 Å². The molecule has 0 amide bonds. The van der Waals surface area contributed by atoms with Gasteiger partial charge in [-0.05, 0) is 32.4 Å². The SMILES string of the molecule is CCOc1ccccc1[C@@H]1CCCCN1. The number of nitrogens with one attached hydrogen (secondary N) is 1. The Morgan fingerprint density at radius 1 is 1.33 bits per heavy atom. The van der Waals surface area contributed by atoms with Gasteiger partial charge in [-0.3, -0.25) is 0 Å². The van der Waals surface area contributed by atoms with E-state index >= 15 is 0 Å². The molecule has 1 atom stereocenters. The molecule has 1 fully saturated rings. The minimum absolute atomic E-state index is 0.487. The lowest BCUT2D eigenvalue weighted by atomic mass is 9.97. The van der Waals surface area contributed by atoms with Crippen molar-refractivity contribution < 1.29 is 4.74 Å². The van der Waals surface area contributed by atoms with Gasteiger partial charge in [-0.1, -0.05) is 24.6 Å². The van der Waals surface area contributed by atoms with Crippen molar-refractivity contribution in [3.63, 3.8) is 0 Å². The Kier molecular flexibility index (Phi) is 3.62. The molecular formula is C13H19NO. The van der Waals surface area contributed by atoms with Gasteiger partial charge in [0.25, 0.3) is 0 Å². The van der Waals surface area contributed by atoms with Gasteiger partial charge in [0, 0.05) is 11.6 Å². The average Bonchev–Trinajstić information content (AvgIpc) is 2.31. The van der Waals surface area contributed by atoms with E-state index in [1.165, 1.54) is 24.8 Å². The van der Waals surface area contributed by atoms with E-state index < -0.39 is 0 Å². The Morgan fingerprint density at radius 3 is 2.93 bits per heavy atom. The van der Waals surface area contributed by atoms with Crippen molar-refractivity contribution >= 4 is 0 Å². The Morgan fingerprint density at radius 2 is 2.20 bits per heavy atom. The summed E-state index contributed by atoms with van der Waals surface area (Å²) in [6, 6.07) is 8.86. The van der Waals surface area contributed by atoms with Gasteiger partial charge in [0.15, 0.2) is 0 Å². The first-order valence-electron chi connectivity index (χ1n) is 5.87. The van der Waals surface area contributed by atoms with E-state index in [-0.39, 0.29) is 0 Å². The van der Waals surface area contributed by atoms with Crippen molar-refractivity contribution in [1.82, 2.24) is 5.32 Å². The van der Waals surface area contributed by atoms with Crippen LogP contribution in [0.3, 0.4) is 0 Å². The van der Waals surface area contributed by atoms with Crippen LogP contribution in [0.1, 0.15) is 37.8 Å². The van der Waals surface area contributed by atoms with Gasteiger partial charge in [0.1, 0.15) is 5.75 Å². The summed E-state index contributed by atoms with van der Waals surface area (Å²) in [5.41, 5.74) is 1.32. The van der Waals surface area contributed by atoms with Gasteiger partial charge in [0.2, 0.25) is 0 Å². The molecule has 0 unspecified atom stereocenters. The molecule has 82 valence electrons. The third-order valence-corrected chi connectivity index (χ3v) is 2.90. The molecule has 1 aliphatic rings. The van der Waals surface area contributed by atoms with E-state index in [9.17, 15) is 0 Å². The van der Waals surface area contributed by atoms with Crippen LogP contribution in [0.15, 0.2) is 24.3 Å². The number of piperidine rings is 1. The fourth-order valence-electron chi connectivity index (χ4n) is 2.17. The molecule has 0 bridgehead atoms. The average molecular weight is 205 g/mol. The molecule has 0 spiro atoms. The summed E-state index contributed by atoms with van der Waals surface area (Å²) in [5, 5.41) is 3.55. The van der Waals surface area contributed by atoms with Crippen LogP contribution in [-0.4, -0.2) is 13.2 Å². The second-order valence-electron chi connectivity index (χ2n) is 3.97. The third-order valence-electron chi connectivity index (χ3n) is 2.90. The van der Waals surface area contributed by atoms with E-state index in [0.717, 1.165) is 18.9 Å². The predicted octanol–water partition coefficient (Wildman–Crippen LogP) is 2.90. The quantitative estimate of drug-likeness (QED) is 0.819. The van der Waals surface area contributed by atoms with Crippen LogP contribution in [0.4, 0.5) is 0 Å². The Bertz CT molecular complexity index is 305. The Labute approximate surface area is 91.6 Å². The Hall–Kier alpha value is -1.02. The molecule has 2 rings (SSSR count). The molecule has 1 saturated heterocycles. The van der Waals surface area contributed by atoms with E-state index in [2.05, 4.69) is 23.5 Å². The number of hydrogen-bond donors (Lipinski definition) is 1. The molecule has 2 nitrogen and oxygen atoms in total. The Balaban J connectivity index is 2.17. The van der Waals surface area contributed by atoms with E-state index in [0.29, 0.717) is 6.04 Å². The molecule has 2 heteroatoms. The van der Waals surface area contributed by atoms with Crippen LogP contribution >= 0.6 is 0 Å². The highest BCUT2D eigenvalue weighted by molar-refractivity contribution is 5.36.